The molecule has 0 atom stereocenters. The molecule has 0 spiro atoms. The van der Waals surface area contributed by atoms with E-state index in [1.165, 1.54) is 0 Å². The van der Waals surface area contributed by atoms with Crippen LogP contribution >= 0.6 is 27.5 Å². The minimum atomic E-state index is -0.105. The quantitative estimate of drug-likeness (QED) is 0.839. The summed E-state index contributed by atoms with van der Waals surface area (Å²) in [5.41, 5.74) is 1.03. The average molecular weight is 285 g/mol. The van der Waals surface area contributed by atoms with Gasteiger partial charge in [-0.15, -0.1) is 0 Å². The number of carbonyl (C=O) groups is 1. The van der Waals surface area contributed by atoms with Crippen molar-refractivity contribution in [2.45, 2.75) is 0 Å². The molecule has 1 aromatic heterocycles. The third-order valence-electron chi connectivity index (χ3n) is 2.02. The highest BCUT2D eigenvalue weighted by atomic mass is 79.9. The van der Waals surface area contributed by atoms with Gasteiger partial charge in [0.1, 0.15) is 0 Å². The number of carbonyl (C=O) groups excluding carboxylic acids is 1. The number of H-pyrrole nitrogens is 1. The summed E-state index contributed by atoms with van der Waals surface area (Å²) in [4.78, 5) is 14.8. The summed E-state index contributed by atoms with van der Waals surface area (Å²) < 4.78 is 0.835. The first kappa shape index (κ1) is 10.5. The van der Waals surface area contributed by atoms with Gasteiger partial charge >= 0.3 is 0 Å². The van der Waals surface area contributed by atoms with E-state index in [0.717, 1.165) is 4.47 Å². The van der Waals surface area contributed by atoms with Gasteiger partial charge in [-0.25, -0.2) is 0 Å². The number of aromatic nitrogens is 1. The lowest BCUT2D eigenvalue weighted by atomic mass is 10.1. The molecule has 0 aliphatic carbocycles. The van der Waals surface area contributed by atoms with E-state index in [1.807, 2.05) is 0 Å². The second-order valence-corrected chi connectivity index (χ2v) is 4.36. The SMILES string of the molecule is O=C(c1ccc[nH]1)c1cc(Br)ccc1Cl. The fourth-order valence-corrected chi connectivity index (χ4v) is 1.85. The van der Waals surface area contributed by atoms with Crippen molar-refractivity contribution in [2.24, 2.45) is 0 Å². The van der Waals surface area contributed by atoms with Crippen molar-refractivity contribution in [3.8, 4) is 0 Å². The first-order chi connectivity index (χ1) is 7.18. The molecule has 0 fully saturated rings. The number of aromatic amines is 1. The molecule has 0 amide bonds. The second-order valence-electron chi connectivity index (χ2n) is 3.04. The zero-order valence-electron chi connectivity index (χ0n) is 7.63. The molecule has 2 rings (SSSR count). The van der Waals surface area contributed by atoms with E-state index in [-0.39, 0.29) is 5.78 Å². The summed E-state index contributed by atoms with van der Waals surface area (Å²) in [5, 5.41) is 0.456. The second kappa shape index (κ2) is 4.21. The Morgan fingerprint density at radius 1 is 1.33 bits per heavy atom. The van der Waals surface area contributed by atoms with Crippen molar-refractivity contribution in [1.29, 1.82) is 0 Å². The Morgan fingerprint density at radius 2 is 2.13 bits per heavy atom. The Balaban J connectivity index is 2.46. The molecule has 0 saturated carbocycles. The molecule has 0 aliphatic heterocycles. The fraction of sp³-hybridized carbons (Fsp3) is 0. The molecule has 0 bridgehead atoms. The Morgan fingerprint density at radius 3 is 2.80 bits per heavy atom. The zero-order chi connectivity index (χ0) is 10.8. The fourth-order valence-electron chi connectivity index (χ4n) is 1.29. The first-order valence-corrected chi connectivity index (χ1v) is 5.49. The molecule has 1 N–H and O–H groups in total. The van der Waals surface area contributed by atoms with Gasteiger partial charge in [0, 0.05) is 16.2 Å². The standard InChI is InChI=1S/C11H7BrClNO/c12-7-3-4-9(13)8(6-7)11(15)10-2-1-5-14-10/h1-6,14H. The van der Waals surface area contributed by atoms with E-state index in [4.69, 9.17) is 11.6 Å². The van der Waals surface area contributed by atoms with E-state index in [1.54, 1.807) is 36.5 Å². The predicted molar refractivity (Wildman–Crippen MR) is 63.4 cm³/mol. The lowest BCUT2D eigenvalue weighted by molar-refractivity contribution is 0.103. The van der Waals surface area contributed by atoms with Gasteiger partial charge in [-0.05, 0) is 30.3 Å². The summed E-state index contributed by atoms with van der Waals surface area (Å²) in [5.74, 6) is -0.105. The molecule has 0 saturated heterocycles. The third kappa shape index (κ3) is 2.13. The Hall–Kier alpha value is -1.06. The number of halogens is 2. The molecule has 2 aromatic rings. The van der Waals surface area contributed by atoms with Crippen LogP contribution in [0.25, 0.3) is 0 Å². The molecule has 2 nitrogen and oxygen atoms in total. The Kier molecular flexibility index (Phi) is 2.93. The van der Waals surface area contributed by atoms with Crippen molar-refractivity contribution in [1.82, 2.24) is 4.98 Å². The number of ketones is 1. The van der Waals surface area contributed by atoms with Crippen LogP contribution in [0.2, 0.25) is 5.02 Å². The third-order valence-corrected chi connectivity index (χ3v) is 2.84. The first-order valence-electron chi connectivity index (χ1n) is 4.31. The average Bonchev–Trinajstić information content (AvgIpc) is 2.74. The molecule has 0 unspecified atom stereocenters. The maximum absolute atomic E-state index is 11.9. The van der Waals surface area contributed by atoms with Crippen LogP contribution in [0.3, 0.4) is 0 Å². The molecule has 1 aromatic carbocycles. The van der Waals surface area contributed by atoms with Crippen LogP contribution in [-0.4, -0.2) is 10.8 Å². The number of rotatable bonds is 2. The van der Waals surface area contributed by atoms with E-state index in [9.17, 15) is 4.79 Å². The highest BCUT2D eigenvalue weighted by molar-refractivity contribution is 9.10. The van der Waals surface area contributed by atoms with Gasteiger partial charge in [-0.2, -0.15) is 0 Å². The van der Waals surface area contributed by atoms with Crippen LogP contribution in [0.5, 0.6) is 0 Å². The molecule has 76 valence electrons. The Labute approximate surface area is 100 Å². The van der Waals surface area contributed by atoms with Crippen LogP contribution in [0, 0.1) is 0 Å². The van der Waals surface area contributed by atoms with Crippen molar-refractivity contribution >= 4 is 33.3 Å². The summed E-state index contributed by atoms with van der Waals surface area (Å²) in [6.45, 7) is 0. The van der Waals surface area contributed by atoms with Crippen molar-refractivity contribution in [3.05, 3.63) is 57.3 Å². The normalized spacial score (nSPS) is 10.3. The van der Waals surface area contributed by atoms with Gasteiger partial charge in [-0.3, -0.25) is 4.79 Å². The van der Waals surface area contributed by atoms with E-state index >= 15 is 0 Å². The molecule has 0 aliphatic rings. The largest absolute Gasteiger partial charge is 0.359 e. The van der Waals surface area contributed by atoms with Gasteiger partial charge in [0.25, 0.3) is 0 Å². The van der Waals surface area contributed by atoms with Gasteiger partial charge in [0.15, 0.2) is 0 Å². The van der Waals surface area contributed by atoms with Gasteiger partial charge in [0.2, 0.25) is 5.78 Å². The van der Waals surface area contributed by atoms with Crippen molar-refractivity contribution in [2.75, 3.05) is 0 Å². The number of benzene rings is 1. The van der Waals surface area contributed by atoms with Crippen LogP contribution in [0.4, 0.5) is 0 Å². The van der Waals surface area contributed by atoms with Crippen molar-refractivity contribution in [3.63, 3.8) is 0 Å². The maximum Gasteiger partial charge on any atom is 0.210 e. The monoisotopic (exact) mass is 283 g/mol. The summed E-state index contributed by atoms with van der Waals surface area (Å²) >= 11 is 9.26. The summed E-state index contributed by atoms with van der Waals surface area (Å²) in [6.07, 6.45) is 1.71. The van der Waals surface area contributed by atoms with E-state index in [2.05, 4.69) is 20.9 Å². The maximum atomic E-state index is 11.9. The summed E-state index contributed by atoms with van der Waals surface area (Å²) in [6, 6.07) is 8.71. The van der Waals surface area contributed by atoms with Gasteiger partial charge in [-0.1, -0.05) is 27.5 Å². The zero-order valence-corrected chi connectivity index (χ0v) is 9.97. The topological polar surface area (TPSA) is 32.9 Å². The molecule has 15 heavy (non-hydrogen) atoms. The molecular weight excluding hydrogens is 277 g/mol. The molecule has 1 heterocycles. The van der Waals surface area contributed by atoms with Crippen LogP contribution in [0.15, 0.2) is 41.0 Å². The minimum Gasteiger partial charge on any atom is -0.359 e. The highest BCUT2D eigenvalue weighted by Gasteiger charge is 2.13. The minimum absolute atomic E-state index is 0.105. The molecule has 0 radical (unpaired) electrons. The number of hydrogen-bond donors (Lipinski definition) is 1. The summed E-state index contributed by atoms with van der Waals surface area (Å²) in [7, 11) is 0. The smallest absolute Gasteiger partial charge is 0.210 e. The number of hydrogen-bond acceptors (Lipinski definition) is 1. The Bertz CT molecular complexity index is 493. The van der Waals surface area contributed by atoms with Gasteiger partial charge in [0.05, 0.1) is 10.7 Å². The van der Waals surface area contributed by atoms with Crippen LogP contribution in [0.1, 0.15) is 16.1 Å². The molecule has 4 heteroatoms. The highest BCUT2D eigenvalue weighted by Crippen LogP contribution is 2.23. The van der Waals surface area contributed by atoms with Crippen molar-refractivity contribution < 1.29 is 4.79 Å². The predicted octanol–water partition coefficient (Wildman–Crippen LogP) is 3.66. The number of nitrogens with one attached hydrogen (secondary N) is 1. The van der Waals surface area contributed by atoms with Crippen LogP contribution in [-0.2, 0) is 0 Å². The van der Waals surface area contributed by atoms with E-state index in [0.29, 0.717) is 16.3 Å². The lowest BCUT2D eigenvalue weighted by Gasteiger charge is -2.02. The van der Waals surface area contributed by atoms with E-state index < -0.39 is 0 Å². The van der Waals surface area contributed by atoms with Crippen LogP contribution < -0.4 is 0 Å². The van der Waals surface area contributed by atoms with Gasteiger partial charge < -0.3 is 4.98 Å². The molecular formula is C11H7BrClNO. The lowest BCUT2D eigenvalue weighted by Crippen LogP contribution is -2.02.